The number of nitrogens with one attached hydrogen (secondary N) is 1. The third kappa shape index (κ3) is 2.76. The van der Waals surface area contributed by atoms with E-state index in [2.05, 4.69) is 17.1 Å². The summed E-state index contributed by atoms with van der Waals surface area (Å²) >= 11 is 0. The lowest BCUT2D eigenvalue weighted by Gasteiger charge is -2.27. The Morgan fingerprint density at radius 3 is 2.59 bits per heavy atom. The SMILES string of the molecule is CC(C(=O)N1CCC2CCC(C1)N2)C1CC1.Cl. The second-order valence-corrected chi connectivity index (χ2v) is 5.84. The maximum absolute atomic E-state index is 12.3. The Labute approximate surface area is 110 Å². The molecule has 0 aromatic carbocycles. The maximum Gasteiger partial charge on any atom is 0.225 e. The van der Waals surface area contributed by atoms with Crippen LogP contribution in [0.1, 0.15) is 39.0 Å². The number of amides is 1. The minimum absolute atomic E-state index is 0. The molecule has 0 aromatic heterocycles. The lowest BCUT2D eigenvalue weighted by Crippen LogP contribution is -2.41. The molecule has 0 spiro atoms. The van der Waals surface area contributed by atoms with Crippen LogP contribution in [0.5, 0.6) is 0 Å². The lowest BCUT2D eigenvalue weighted by molar-refractivity contribution is -0.135. The normalized spacial score (nSPS) is 33.8. The second kappa shape index (κ2) is 5.15. The van der Waals surface area contributed by atoms with Gasteiger partial charge in [0, 0.05) is 31.1 Å². The van der Waals surface area contributed by atoms with Crippen LogP contribution < -0.4 is 5.32 Å². The van der Waals surface area contributed by atoms with Crippen LogP contribution in [0.2, 0.25) is 0 Å². The summed E-state index contributed by atoms with van der Waals surface area (Å²) < 4.78 is 0. The van der Waals surface area contributed by atoms with E-state index in [-0.39, 0.29) is 18.3 Å². The first-order valence-electron chi connectivity index (χ1n) is 6.79. The van der Waals surface area contributed by atoms with Crippen molar-refractivity contribution in [3.63, 3.8) is 0 Å². The van der Waals surface area contributed by atoms with E-state index in [1.54, 1.807) is 0 Å². The van der Waals surface area contributed by atoms with Crippen molar-refractivity contribution in [2.45, 2.75) is 51.1 Å². The minimum atomic E-state index is 0. The highest BCUT2D eigenvalue weighted by atomic mass is 35.5. The zero-order chi connectivity index (χ0) is 11.1. The number of rotatable bonds is 2. The van der Waals surface area contributed by atoms with Crippen LogP contribution in [-0.2, 0) is 4.79 Å². The molecule has 3 nitrogen and oxygen atoms in total. The van der Waals surface area contributed by atoms with Crippen LogP contribution >= 0.6 is 12.4 Å². The first kappa shape index (κ1) is 13.2. The molecule has 0 radical (unpaired) electrons. The van der Waals surface area contributed by atoms with Gasteiger partial charge in [0.2, 0.25) is 5.91 Å². The Hall–Kier alpha value is -0.280. The van der Waals surface area contributed by atoms with Crippen LogP contribution in [0.4, 0.5) is 0 Å². The van der Waals surface area contributed by atoms with Gasteiger partial charge in [0.25, 0.3) is 0 Å². The molecule has 3 aliphatic rings. The summed E-state index contributed by atoms with van der Waals surface area (Å²) in [5, 5.41) is 3.63. The highest BCUT2D eigenvalue weighted by Crippen LogP contribution is 2.37. The summed E-state index contributed by atoms with van der Waals surface area (Å²) in [7, 11) is 0. The summed E-state index contributed by atoms with van der Waals surface area (Å²) in [6, 6.07) is 1.25. The number of nitrogens with zero attached hydrogens (tertiary/aromatic N) is 1. The molecule has 0 aromatic rings. The van der Waals surface area contributed by atoms with Gasteiger partial charge in [-0.25, -0.2) is 0 Å². The first-order valence-corrected chi connectivity index (χ1v) is 6.79. The zero-order valence-corrected chi connectivity index (χ0v) is 11.3. The molecule has 2 saturated heterocycles. The summed E-state index contributed by atoms with van der Waals surface area (Å²) in [5.41, 5.74) is 0. The molecule has 1 amide bonds. The molecule has 2 bridgehead atoms. The predicted octanol–water partition coefficient (Wildman–Crippen LogP) is 1.81. The van der Waals surface area contributed by atoms with E-state index in [1.807, 2.05) is 0 Å². The van der Waals surface area contributed by atoms with Gasteiger partial charge in [-0.15, -0.1) is 12.4 Å². The van der Waals surface area contributed by atoms with Crippen molar-refractivity contribution in [1.82, 2.24) is 10.2 Å². The van der Waals surface area contributed by atoms with Gasteiger partial charge < -0.3 is 10.2 Å². The van der Waals surface area contributed by atoms with Gasteiger partial charge in [0.15, 0.2) is 0 Å². The highest BCUT2D eigenvalue weighted by molar-refractivity contribution is 5.85. The Kier molecular flexibility index (Phi) is 3.99. The summed E-state index contributed by atoms with van der Waals surface area (Å²) in [6.45, 7) is 4.05. The molecule has 98 valence electrons. The Morgan fingerprint density at radius 2 is 1.88 bits per heavy atom. The number of halogens is 1. The molecule has 17 heavy (non-hydrogen) atoms. The third-order valence-electron chi connectivity index (χ3n) is 4.55. The van der Waals surface area contributed by atoms with E-state index < -0.39 is 0 Å². The van der Waals surface area contributed by atoms with Gasteiger partial charge in [-0.3, -0.25) is 4.79 Å². The van der Waals surface area contributed by atoms with Crippen molar-refractivity contribution >= 4 is 18.3 Å². The standard InChI is InChI=1S/C13H22N2O.ClH/c1-9(10-2-3-10)13(16)15-7-6-11-4-5-12(8-15)14-11;/h9-12,14H,2-8H2,1H3;1H. The van der Waals surface area contributed by atoms with Gasteiger partial charge in [-0.1, -0.05) is 6.92 Å². The fourth-order valence-corrected chi connectivity index (χ4v) is 3.23. The van der Waals surface area contributed by atoms with Crippen molar-refractivity contribution in [2.75, 3.05) is 13.1 Å². The van der Waals surface area contributed by atoms with Crippen molar-refractivity contribution < 1.29 is 4.79 Å². The number of carbonyl (C=O) groups is 1. The fourth-order valence-electron chi connectivity index (χ4n) is 3.23. The van der Waals surface area contributed by atoms with Gasteiger partial charge >= 0.3 is 0 Å². The van der Waals surface area contributed by atoms with Gasteiger partial charge in [0.1, 0.15) is 0 Å². The molecule has 1 aliphatic carbocycles. The Morgan fingerprint density at radius 1 is 1.18 bits per heavy atom. The van der Waals surface area contributed by atoms with Crippen molar-refractivity contribution in [1.29, 1.82) is 0 Å². The number of carbonyl (C=O) groups excluding carboxylic acids is 1. The largest absolute Gasteiger partial charge is 0.341 e. The van der Waals surface area contributed by atoms with Crippen molar-refractivity contribution in [3.8, 4) is 0 Å². The van der Waals surface area contributed by atoms with E-state index in [0.717, 1.165) is 19.5 Å². The molecule has 4 heteroatoms. The monoisotopic (exact) mass is 258 g/mol. The van der Waals surface area contributed by atoms with Crippen LogP contribution in [0.3, 0.4) is 0 Å². The lowest BCUT2D eigenvalue weighted by atomic mass is 10.0. The summed E-state index contributed by atoms with van der Waals surface area (Å²) in [5.74, 6) is 1.38. The van der Waals surface area contributed by atoms with Gasteiger partial charge in [-0.05, 0) is 38.0 Å². The number of hydrogen-bond donors (Lipinski definition) is 1. The Balaban J connectivity index is 0.00000108. The molecule has 3 atom stereocenters. The first-order chi connectivity index (χ1) is 7.74. The molecule has 2 heterocycles. The van der Waals surface area contributed by atoms with Crippen LogP contribution in [-0.4, -0.2) is 36.0 Å². The van der Waals surface area contributed by atoms with E-state index in [9.17, 15) is 4.79 Å². The minimum Gasteiger partial charge on any atom is -0.341 e. The van der Waals surface area contributed by atoms with Crippen LogP contribution in [0, 0.1) is 11.8 Å². The van der Waals surface area contributed by atoms with Crippen molar-refractivity contribution in [2.24, 2.45) is 11.8 Å². The predicted molar refractivity (Wildman–Crippen MR) is 70.3 cm³/mol. The van der Waals surface area contributed by atoms with E-state index >= 15 is 0 Å². The van der Waals surface area contributed by atoms with Gasteiger partial charge in [-0.2, -0.15) is 0 Å². The average Bonchev–Trinajstić information content (AvgIpc) is 3.03. The number of likely N-dealkylation sites (tertiary alicyclic amines) is 1. The molecule has 1 N–H and O–H groups in total. The maximum atomic E-state index is 12.3. The highest BCUT2D eigenvalue weighted by Gasteiger charge is 2.37. The topological polar surface area (TPSA) is 32.3 Å². The number of fused-ring (bicyclic) bond motifs is 2. The summed E-state index contributed by atoms with van der Waals surface area (Å²) in [4.78, 5) is 14.4. The molecular formula is C13H23ClN2O. The molecule has 2 aliphatic heterocycles. The zero-order valence-electron chi connectivity index (χ0n) is 10.5. The smallest absolute Gasteiger partial charge is 0.225 e. The van der Waals surface area contributed by atoms with Gasteiger partial charge in [0.05, 0.1) is 0 Å². The fraction of sp³-hybridized carbons (Fsp3) is 0.923. The molecule has 1 saturated carbocycles. The van der Waals surface area contributed by atoms with E-state index in [0.29, 0.717) is 23.9 Å². The molecular weight excluding hydrogens is 236 g/mol. The van der Waals surface area contributed by atoms with E-state index in [4.69, 9.17) is 0 Å². The third-order valence-corrected chi connectivity index (χ3v) is 4.55. The number of hydrogen-bond acceptors (Lipinski definition) is 2. The molecule has 3 fully saturated rings. The summed E-state index contributed by atoms with van der Waals surface area (Å²) in [6.07, 6.45) is 6.26. The average molecular weight is 259 g/mol. The molecule has 3 rings (SSSR count). The Bertz CT molecular complexity index is 293. The molecule has 3 unspecified atom stereocenters. The second-order valence-electron chi connectivity index (χ2n) is 5.84. The van der Waals surface area contributed by atoms with Crippen LogP contribution in [0.15, 0.2) is 0 Å². The quantitative estimate of drug-likeness (QED) is 0.819. The van der Waals surface area contributed by atoms with E-state index in [1.165, 1.54) is 25.7 Å². The van der Waals surface area contributed by atoms with Crippen LogP contribution in [0.25, 0.3) is 0 Å². The van der Waals surface area contributed by atoms with Crippen molar-refractivity contribution in [3.05, 3.63) is 0 Å².